The van der Waals surface area contributed by atoms with Crippen LogP contribution in [-0.2, 0) is 0 Å². The molecule has 100 valence electrons. The predicted molar refractivity (Wildman–Crippen MR) is 76.2 cm³/mol. The minimum Gasteiger partial charge on any atom is -0.478 e. The number of furan rings is 1. The number of carboxylic acid groups (broad SMARTS) is 1. The van der Waals surface area contributed by atoms with E-state index in [0.717, 1.165) is 5.56 Å². The summed E-state index contributed by atoms with van der Waals surface area (Å²) in [6.45, 7) is 1.89. The van der Waals surface area contributed by atoms with Gasteiger partial charge in [0, 0.05) is 10.4 Å². The zero-order chi connectivity index (χ0) is 14.3. The summed E-state index contributed by atoms with van der Waals surface area (Å²) in [6, 6.07) is 8.29. The number of nitrogens with zero attached hydrogens (tertiary/aromatic N) is 1. The van der Waals surface area contributed by atoms with Crippen LogP contribution in [0.25, 0.3) is 22.4 Å². The molecular weight excluding hydrogens is 278 g/mol. The van der Waals surface area contributed by atoms with Crippen molar-refractivity contribution in [2.24, 2.45) is 0 Å². The molecule has 0 radical (unpaired) electrons. The Morgan fingerprint density at radius 3 is 2.75 bits per heavy atom. The molecule has 0 aliphatic heterocycles. The lowest BCUT2D eigenvalue weighted by atomic mass is 10.1. The van der Waals surface area contributed by atoms with Gasteiger partial charge in [-0.2, -0.15) is 0 Å². The number of hydrogen-bond acceptors (Lipinski definition) is 3. The molecule has 0 saturated carbocycles. The van der Waals surface area contributed by atoms with Crippen LogP contribution in [0, 0.1) is 6.92 Å². The molecule has 5 heteroatoms. The Labute approximate surface area is 119 Å². The van der Waals surface area contributed by atoms with Crippen LogP contribution < -0.4 is 0 Å². The molecule has 1 aromatic carbocycles. The van der Waals surface area contributed by atoms with E-state index >= 15 is 0 Å². The molecule has 2 heterocycles. The van der Waals surface area contributed by atoms with Gasteiger partial charge in [-0.25, -0.2) is 9.78 Å². The first kappa shape index (κ1) is 12.7. The van der Waals surface area contributed by atoms with Crippen molar-refractivity contribution in [3.63, 3.8) is 0 Å². The van der Waals surface area contributed by atoms with Crippen LogP contribution in [0.15, 0.2) is 41.0 Å². The summed E-state index contributed by atoms with van der Waals surface area (Å²) in [5.41, 5.74) is 2.17. The van der Waals surface area contributed by atoms with E-state index in [2.05, 4.69) is 4.98 Å². The third-order valence-electron chi connectivity index (χ3n) is 2.98. The van der Waals surface area contributed by atoms with Crippen molar-refractivity contribution in [2.45, 2.75) is 6.92 Å². The molecule has 0 amide bonds. The first-order valence-electron chi connectivity index (χ1n) is 5.94. The fraction of sp³-hybridized carbons (Fsp3) is 0.0667. The highest BCUT2D eigenvalue weighted by Crippen LogP contribution is 2.28. The quantitative estimate of drug-likeness (QED) is 0.769. The minimum atomic E-state index is -1.02. The molecule has 20 heavy (non-hydrogen) atoms. The highest BCUT2D eigenvalue weighted by molar-refractivity contribution is 6.31. The smallest absolute Gasteiger partial charge is 0.336 e. The average molecular weight is 288 g/mol. The van der Waals surface area contributed by atoms with Crippen molar-refractivity contribution < 1.29 is 14.3 Å². The summed E-state index contributed by atoms with van der Waals surface area (Å²) >= 11 is 5.92. The van der Waals surface area contributed by atoms with Gasteiger partial charge in [-0.1, -0.05) is 11.6 Å². The Hall–Kier alpha value is -2.33. The number of pyridine rings is 1. The van der Waals surface area contributed by atoms with Gasteiger partial charge in [-0.05, 0) is 42.8 Å². The van der Waals surface area contributed by atoms with Crippen LogP contribution in [0.2, 0.25) is 5.02 Å². The van der Waals surface area contributed by atoms with Crippen molar-refractivity contribution in [3.05, 3.63) is 52.7 Å². The molecule has 3 aromatic rings. The molecule has 0 aliphatic carbocycles. The number of carbonyl (C=O) groups is 1. The molecule has 4 nitrogen and oxygen atoms in total. The van der Waals surface area contributed by atoms with E-state index in [1.54, 1.807) is 24.5 Å². The lowest BCUT2D eigenvalue weighted by molar-refractivity contribution is 0.0699. The van der Waals surface area contributed by atoms with Crippen LogP contribution in [0.5, 0.6) is 0 Å². The highest BCUT2D eigenvalue weighted by Gasteiger charge is 2.14. The molecule has 0 saturated heterocycles. The second kappa shape index (κ2) is 4.65. The van der Waals surface area contributed by atoms with Gasteiger partial charge < -0.3 is 9.52 Å². The van der Waals surface area contributed by atoms with Crippen LogP contribution in [0.4, 0.5) is 0 Å². The Morgan fingerprint density at radius 1 is 1.30 bits per heavy atom. The van der Waals surface area contributed by atoms with Gasteiger partial charge >= 0.3 is 5.97 Å². The van der Waals surface area contributed by atoms with Crippen molar-refractivity contribution in [3.8, 4) is 11.5 Å². The maximum atomic E-state index is 11.4. The number of fused-ring (bicyclic) bond motifs is 1. The zero-order valence-corrected chi connectivity index (χ0v) is 11.3. The maximum Gasteiger partial charge on any atom is 0.336 e. The van der Waals surface area contributed by atoms with E-state index in [0.29, 0.717) is 27.4 Å². The molecule has 0 bridgehead atoms. The molecule has 3 rings (SSSR count). The van der Waals surface area contributed by atoms with Crippen LogP contribution in [-0.4, -0.2) is 16.1 Å². The van der Waals surface area contributed by atoms with E-state index in [4.69, 9.17) is 16.0 Å². The fourth-order valence-corrected chi connectivity index (χ4v) is 2.24. The van der Waals surface area contributed by atoms with Gasteiger partial charge in [0.25, 0.3) is 0 Å². The number of carboxylic acids is 1. The van der Waals surface area contributed by atoms with Gasteiger partial charge in [-0.15, -0.1) is 0 Å². The SMILES string of the molecule is Cc1coc(-c2cc(C(=O)O)c3cc(Cl)ccc3n2)c1. The largest absolute Gasteiger partial charge is 0.478 e. The summed E-state index contributed by atoms with van der Waals surface area (Å²) in [5, 5.41) is 10.3. The predicted octanol–water partition coefficient (Wildman–Crippen LogP) is 4.15. The summed E-state index contributed by atoms with van der Waals surface area (Å²) in [6.07, 6.45) is 1.60. The molecule has 1 N–H and O–H groups in total. The summed E-state index contributed by atoms with van der Waals surface area (Å²) in [5.74, 6) is -0.481. The summed E-state index contributed by atoms with van der Waals surface area (Å²) in [7, 11) is 0. The maximum absolute atomic E-state index is 11.4. The zero-order valence-electron chi connectivity index (χ0n) is 10.6. The first-order valence-corrected chi connectivity index (χ1v) is 6.31. The van der Waals surface area contributed by atoms with E-state index in [9.17, 15) is 9.90 Å². The number of halogens is 1. The Bertz CT molecular complexity index is 823. The third kappa shape index (κ3) is 2.14. The lowest BCUT2D eigenvalue weighted by Crippen LogP contribution is -2.00. The van der Waals surface area contributed by atoms with E-state index < -0.39 is 5.97 Å². The Kier molecular flexibility index (Phi) is 2.95. The standard InChI is InChI=1S/C15H10ClNO3/c1-8-4-14(20-7-8)13-6-11(15(18)19)10-5-9(16)2-3-12(10)17-13/h2-7H,1H3,(H,18,19). The molecule has 0 aliphatic rings. The van der Waals surface area contributed by atoms with E-state index in [-0.39, 0.29) is 5.56 Å². The summed E-state index contributed by atoms with van der Waals surface area (Å²) < 4.78 is 5.38. The van der Waals surface area contributed by atoms with E-state index in [1.807, 2.05) is 13.0 Å². The third-order valence-corrected chi connectivity index (χ3v) is 3.22. The second-order valence-electron chi connectivity index (χ2n) is 4.51. The molecule has 0 spiro atoms. The molecular formula is C15H10ClNO3. The Morgan fingerprint density at radius 2 is 2.10 bits per heavy atom. The number of aryl methyl sites for hydroxylation is 1. The van der Waals surface area contributed by atoms with Gasteiger partial charge in [0.2, 0.25) is 0 Å². The highest BCUT2D eigenvalue weighted by atomic mass is 35.5. The first-order chi connectivity index (χ1) is 9.54. The van der Waals surface area contributed by atoms with Gasteiger partial charge in [0.05, 0.1) is 17.3 Å². The van der Waals surface area contributed by atoms with Gasteiger partial charge in [0.15, 0.2) is 5.76 Å². The number of rotatable bonds is 2. The van der Waals surface area contributed by atoms with Crippen LogP contribution in [0.1, 0.15) is 15.9 Å². The van der Waals surface area contributed by atoms with Gasteiger partial charge in [-0.3, -0.25) is 0 Å². The lowest BCUT2D eigenvalue weighted by Gasteiger charge is -2.05. The second-order valence-corrected chi connectivity index (χ2v) is 4.95. The molecule has 0 fully saturated rings. The summed E-state index contributed by atoms with van der Waals surface area (Å²) in [4.78, 5) is 15.8. The molecule has 2 aromatic heterocycles. The van der Waals surface area contributed by atoms with Crippen molar-refractivity contribution in [1.29, 1.82) is 0 Å². The molecule has 0 atom stereocenters. The number of benzene rings is 1. The number of hydrogen-bond donors (Lipinski definition) is 1. The Balaban J connectivity index is 2.31. The van der Waals surface area contributed by atoms with Crippen molar-refractivity contribution >= 4 is 28.5 Å². The average Bonchev–Trinajstić information content (AvgIpc) is 2.84. The topological polar surface area (TPSA) is 63.3 Å². The molecule has 0 unspecified atom stereocenters. The van der Waals surface area contributed by atoms with Crippen molar-refractivity contribution in [1.82, 2.24) is 4.98 Å². The monoisotopic (exact) mass is 287 g/mol. The number of aromatic nitrogens is 1. The number of aromatic carboxylic acids is 1. The normalized spacial score (nSPS) is 10.9. The van der Waals surface area contributed by atoms with Gasteiger partial charge in [0.1, 0.15) is 5.69 Å². The minimum absolute atomic E-state index is 0.154. The van der Waals surface area contributed by atoms with Crippen molar-refractivity contribution in [2.75, 3.05) is 0 Å². The van der Waals surface area contributed by atoms with Crippen LogP contribution in [0.3, 0.4) is 0 Å². The fourth-order valence-electron chi connectivity index (χ4n) is 2.07. The van der Waals surface area contributed by atoms with Crippen LogP contribution >= 0.6 is 11.6 Å². The van der Waals surface area contributed by atoms with E-state index in [1.165, 1.54) is 6.07 Å².